The Balaban J connectivity index is 1.91. The first-order valence-corrected chi connectivity index (χ1v) is 8.61. The van der Waals surface area contributed by atoms with Gasteiger partial charge in [-0.15, -0.1) is 0 Å². The van der Waals surface area contributed by atoms with Crippen LogP contribution in [0.2, 0.25) is 5.02 Å². The number of hydrogen-bond acceptors (Lipinski definition) is 5. The topological polar surface area (TPSA) is 108 Å². The maximum absolute atomic E-state index is 12.6. The van der Waals surface area contributed by atoms with Crippen molar-refractivity contribution in [2.45, 2.75) is 26.2 Å². The van der Waals surface area contributed by atoms with Crippen LogP contribution < -0.4 is 5.63 Å². The molecule has 1 aromatic carbocycles. The van der Waals surface area contributed by atoms with Crippen LogP contribution in [0, 0.1) is 12.8 Å². The number of carbonyl (C=O) groups excluding carboxylic acids is 1. The molecule has 1 amide bonds. The second-order valence-electron chi connectivity index (χ2n) is 6.49. The summed E-state index contributed by atoms with van der Waals surface area (Å²) >= 11 is 5.92. The summed E-state index contributed by atoms with van der Waals surface area (Å²) in [5, 5.41) is 19.5. The molecular formula is C18H18ClNO6. The average molecular weight is 380 g/mol. The number of likely N-dealkylation sites (tertiary alicyclic amines) is 1. The van der Waals surface area contributed by atoms with E-state index in [9.17, 15) is 19.5 Å². The van der Waals surface area contributed by atoms with Gasteiger partial charge in [0.25, 0.3) is 0 Å². The number of aryl methyl sites for hydroxylation is 1. The zero-order valence-corrected chi connectivity index (χ0v) is 14.9. The summed E-state index contributed by atoms with van der Waals surface area (Å²) in [6.45, 7) is 2.30. The number of carboxylic acids is 1. The fourth-order valence-electron chi connectivity index (χ4n) is 3.27. The third-order valence-electron chi connectivity index (χ3n) is 4.81. The van der Waals surface area contributed by atoms with Gasteiger partial charge in [-0.2, -0.15) is 0 Å². The highest BCUT2D eigenvalue weighted by atomic mass is 35.5. The number of aromatic hydroxyl groups is 1. The van der Waals surface area contributed by atoms with E-state index in [1.54, 1.807) is 6.92 Å². The number of phenols is 1. The summed E-state index contributed by atoms with van der Waals surface area (Å²) in [6, 6.07) is 2.75. The standard InChI is InChI=1S/C18H18ClNO6/c1-9-11-5-13(19)14(21)7-15(11)26-18(25)12(9)6-16(22)20-4-2-3-10(8-20)17(23)24/h5,7,10,21H,2-4,6,8H2,1H3,(H,23,24)/t10-/m1/s1. The van der Waals surface area contributed by atoms with E-state index in [0.29, 0.717) is 30.3 Å². The molecule has 0 aliphatic carbocycles. The molecular weight excluding hydrogens is 362 g/mol. The van der Waals surface area contributed by atoms with Crippen molar-refractivity contribution in [1.82, 2.24) is 4.90 Å². The number of aliphatic carboxylic acids is 1. The quantitative estimate of drug-likeness (QED) is 0.792. The lowest BCUT2D eigenvalue weighted by atomic mass is 9.97. The number of phenolic OH excluding ortho intramolecular Hbond substituents is 1. The number of amides is 1. The highest BCUT2D eigenvalue weighted by Crippen LogP contribution is 2.31. The summed E-state index contributed by atoms with van der Waals surface area (Å²) in [7, 11) is 0. The van der Waals surface area contributed by atoms with Crippen molar-refractivity contribution in [2.75, 3.05) is 13.1 Å². The van der Waals surface area contributed by atoms with Gasteiger partial charge in [0.2, 0.25) is 5.91 Å². The Morgan fingerprint density at radius 1 is 1.38 bits per heavy atom. The largest absolute Gasteiger partial charge is 0.506 e. The monoisotopic (exact) mass is 379 g/mol. The normalized spacial score (nSPS) is 17.5. The van der Waals surface area contributed by atoms with Crippen LogP contribution in [-0.2, 0) is 16.0 Å². The minimum atomic E-state index is -0.918. The average Bonchev–Trinajstić information content (AvgIpc) is 2.60. The molecule has 0 spiro atoms. The number of benzene rings is 1. The van der Waals surface area contributed by atoms with Gasteiger partial charge in [-0.1, -0.05) is 11.6 Å². The van der Waals surface area contributed by atoms with E-state index in [4.69, 9.17) is 21.1 Å². The van der Waals surface area contributed by atoms with Crippen LogP contribution >= 0.6 is 11.6 Å². The minimum Gasteiger partial charge on any atom is -0.506 e. The molecule has 0 bridgehead atoms. The van der Waals surface area contributed by atoms with Crippen molar-refractivity contribution in [3.63, 3.8) is 0 Å². The minimum absolute atomic E-state index is 0.118. The number of fused-ring (bicyclic) bond motifs is 1. The molecule has 0 unspecified atom stereocenters. The second kappa shape index (κ2) is 6.99. The van der Waals surface area contributed by atoms with Crippen molar-refractivity contribution >= 4 is 34.4 Å². The van der Waals surface area contributed by atoms with Crippen molar-refractivity contribution in [3.05, 3.63) is 38.7 Å². The zero-order chi connectivity index (χ0) is 19.0. The Kier molecular flexibility index (Phi) is 4.91. The number of halogens is 1. The van der Waals surface area contributed by atoms with Gasteiger partial charge in [-0.05, 0) is 31.4 Å². The summed E-state index contributed by atoms with van der Waals surface area (Å²) in [6.07, 6.45) is 0.982. The molecule has 1 atom stereocenters. The molecule has 3 rings (SSSR count). The molecule has 0 radical (unpaired) electrons. The van der Waals surface area contributed by atoms with Crippen molar-refractivity contribution in [3.8, 4) is 5.75 Å². The molecule has 2 N–H and O–H groups in total. The third-order valence-corrected chi connectivity index (χ3v) is 5.11. The zero-order valence-electron chi connectivity index (χ0n) is 14.1. The van der Waals surface area contributed by atoms with Crippen LogP contribution in [0.25, 0.3) is 11.0 Å². The lowest BCUT2D eigenvalue weighted by Gasteiger charge is -2.30. The second-order valence-corrected chi connectivity index (χ2v) is 6.89. The fraction of sp³-hybridized carbons (Fsp3) is 0.389. The first-order valence-electron chi connectivity index (χ1n) is 8.23. The maximum atomic E-state index is 12.6. The molecule has 26 heavy (non-hydrogen) atoms. The van der Waals surface area contributed by atoms with Crippen LogP contribution in [0.15, 0.2) is 21.3 Å². The van der Waals surface area contributed by atoms with Gasteiger partial charge in [0, 0.05) is 24.5 Å². The van der Waals surface area contributed by atoms with Crippen molar-refractivity contribution in [1.29, 1.82) is 0 Å². The van der Waals surface area contributed by atoms with Gasteiger partial charge in [0.05, 0.1) is 22.9 Å². The van der Waals surface area contributed by atoms with Gasteiger partial charge in [-0.25, -0.2) is 4.79 Å². The fourth-order valence-corrected chi connectivity index (χ4v) is 3.43. The number of rotatable bonds is 3. The van der Waals surface area contributed by atoms with Crippen LogP contribution in [0.3, 0.4) is 0 Å². The summed E-state index contributed by atoms with van der Waals surface area (Å²) < 4.78 is 5.22. The molecule has 1 aliphatic rings. The van der Waals surface area contributed by atoms with E-state index in [1.165, 1.54) is 17.0 Å². The predicted molar refractivity (Wildman–Crippen MR) is 94.5 cm³/mol. The van der Waals surface area contributed by atoms with Crippen molar-refractivity contribution < 1.29 is 24.2 Å². The molecule has 2 aromatic rings. The van der Waals surface area contributed by atoms with Crippen LogP contribution in [0.4, 0.5) is 0 Å². The van der Waals surface area contributed by atoms with Crippen LogP contribution in [0.5, 0.6) is 5.75 Å². The van der Waals surface area contributed by atoms with Gasteiger partial charge in [0.15, 0.2) is 0 Å². The summed E-state index contributed by atoms with van der Waals surface area (Å²) in [5.74, 6) is -2.00. The van der Waals surface area contributed by atoms with Crippen LogP contribution in [0.1, 0.15) is 24.0 Å². The number of carboxylic acid groups (broad SMARTS) is 1. The lowest BCUT2D eigenvalue weighted by molar-refractivity contribution is -0.145. The molecule has 138 valence electrons. The molecule has 1 aromatic heterocycles. The van der Waals surface area contributed by atoms with Crippen molar-refractivity contribution in [2.24, 2.45) is 5.92 Å². The number of carbonyl (C=O) groups is 2. The number of hydrogen-bond donors (Lipinski definition) is 2. The lowest BCUT2D eigenvalue weighted by Crippen LogP contribution is -2.43. The van der Waals surface area contributed by atoms with E-state index in [-0.39, 0.29) is 40.8 Å². The molecule has 7 nitrogen and oxygen atoms in total. The predicted octanol–water partition coefficient (Wildman–Crippen LogP) is 2.33. The Hall–Kier alpha value is -2.54. The highest BCUT2D eigenvalue weighted by Gasteiger charge is 2.29. The summed E-state index contributed by atoms with van der Waals surface area (Å²) in [4.78, 5) is 37.5. The molecule has 1 fully saturated rings. The molecule has 0 saturated carbocycles. The van der Waals surface area contributed by atoms with Gasteiger partial charge in [0.1, 0.15) is 11.3 Å². The molecule has 1 aliphatic heterocycles. The first kappa shape index (κ1) is 18.3. The van der Waals surface area contributed by atoms with Gasteiger partial charge < -0.3 is 19.5 Å². The number of piperidine rings is 1. The third kappa shape index (κ3) is 3.39. The van der Waals surface area contributed by atoms with Gasteiger partial charge in [-0.3, -0.25) is 9.59 Å². The smallest absolute Gasteiger partial charge is 0.340 e. The molecule has 1 saturated heterocycles. The van der Waals surface area contributed by atoms with Crippen LogP contribution in [-0.4, -0.2) is 40.1 Å². The van der Waals surface area contributed by atoms with E-state index in [0.717, 1.165) is 0 Å². The number of nitrogens with zero attached hydrogens (tertiary/aromatic N) is 1. The van der Waals surface area contributed by atoms with Gasteiger partial charge >= 0.3 is 11.6 Å². The summed E-state index contributed by atoms with van der Waals surface area (Å²) in [5.41, 5.74) is 0.298. The Bertz CT molecular complexity index is 951. The van der Waals surface area contributed by atoms with E-state index < -0.39 is 17.5 Å². The first-order chi connectivity index (χ1) is 12.3. The van der Waals surface area contributed by atoms with E-state index in [2.05, 4.69) is 0 Å². The molecule has 8 heteroatoms. The Morgan fingerprint density at radius 2 is 2.12 bits per heavy atom. The maximum Gasteiger partial charge on any atom is 0.340 e. The van der Waals surface area contributed by atoms with E-state index in [1.807, 2.05) is 0 Å². The SMILES string of the molecule is Cc1c(CC(=O)N2CCC[C@@H](C(=O)O)C2)c(=O)oc2cc(O)c(Cl)cc12. The highest BCUT2D eigenvalue weighted by molar-refractivity contribution is 6.32. The van der Waals surface area contributed by atoms with E-state index >= 15 is 0 Å². The Labute approximate surface area is 153 Å². The Morgan fingerprint density at radius 3 is 2.81 bits per heavy atom. The molecule has 2 heterocycles.